The first-order valence-corrected chi connectivity index (χ1v) is 11.0. The predicted octanol–water partition coefficient (Wildman–Crippen LogP) is 3.95. The van der Waals surface area contributed by atoms with Gasteiger partial charge in [-0.1, -0.05) is 51.2 Å². The number of hydrogen-bond acceptors (Lipinski definition) is 5. The van der Waals surface area contributed by atoms with Crippen LogP contribution in [0.25, 0.3) is 0 Å². The van der Waals surface area contributed by atoms with E-state index in [0.717, 1.165) is 44.9 Å². The normalized spacial score (nSPS) is 28.1. The third kappa shape index (κ3) is 6.41. The summed E-state index contributed by atoms with van der Waals surface area (Å²) in [5.41, 5.74) is 0.0120. The average molecular weight is 395 g/mol. The van der Waals surface area contributed by atoms with Crippen molar-refractivity contribution in [1.82, 2.24) is 0 Å². The summed E-state index contributed by atoms with van der Waals surface area (Å²) < 4.78 is 4.63. The van der Waals surface area contributed by atoms with Gasteiger partial charge < -0.3 is 14.9 Å². The summed E-state index contributed by atoms with van der Waals surface area (Å²) >= 11 is 0. The van der Waals surface area contributed by atoms with E-state index >= 15 is 0 Å². The first kappa shape index (κ1) is 23.1. The average Bonchev–Trinajstić information content (AvgIpc) is 3.22. The highest BCUT2D eigenvalue weighted by molar-refractivity contribution is 5.84. The number of rotatable bonds is 11. The van der Waals surface area contributed by atoms with Gasteiger partial charge in [-0.3, -0.25) is 9.59 Å². The smallest absolute Gasteiger partial charge is 0.305 e. The van der Waals surface area contributed by atoms with Crippen molar-refractivity contribution in [1.29, 1.82) is 0 Å². The summed E-state index contributed by atoms with van der Waals surface area (Å²) in [5.74, 6) is -0.273. The minimum absolute atomic E-state index is 0.0120. The van der Waals surface area contributed by atoms with Gasteiger partial charge in [0, 0.05) is 24.7 Å². The van der Waals surface area contributed by atoms with E-state index in [-0.39, 0.29) is 41.5 Å². The number of unbranched alkanes of at least 4 members (excludes halogenated alkanes) is 3. The van der Waals surface area contributed by atoms with Crippen LogP contribution in [0.5, 0.6) is 0 Å². The van der Waals surface area contributed by atoms with E-state index < -0.39 is 6.10 Å². The number of carbonyl (C=O) groups excluding carboxylic acids is 2. The molecule has 1 unspecified atom stereocenters. The van der Waals surface area contributed by atoms with Gasteiger partial charge >= 0.3 is 5.97 Å². The third-order valence-electron chi connectivity index (χ3n) is 6.87. The number of ketones is 1. The zero-order valence-corrected chi connectivity index (χ0v) is 17.6. The zero-order chi connectivity index (χ0) is 20.6. The Balaban J connectivity index is 1.76. The quantitative estimate of drug-likeness (QED) is 0.315. The molecular formula is C23H38O5. The zero-order valence-electron chi connectivity index (χ0n) is 17.6. The van der Waals surface area contributed by atoms with Crippen molar-refractivity contribution >= 4 is 11.8 Å². The molecule has 0 aromatic heterocycles. The molecule has 2 N–H and O–H groups in total. The maximum atomic E-state index is 12.3. The van der Waals surface area contributed by atoms with Gasteiger partial charge in [-0.25, -0.2) is 0 Å². The second-order valence-corrected chi connectivity index (χ2v) is 8.99. The van der Waals surface area contributed by atoms with Crippen LogP contribution in [0.1, 0.15) is 84.0 Å². The number of aliphatic hydroxyl groups is 2. The van der Waals surface area contributed by atoms with Crippen molar-refractivity contribution in [2.45, 2.75) is 96.2 Å². The molecule has 2 rings (SSSR count). The van der Waals surface area contributed by atoms with Gasteiger partial charge in [0.1, 0.15) is 5.78 Å². The minimum atomic E-state index is -0.604. The van der Waals surface area contributed by atoms with Crippen LogP contribution in [0.3, 0.4) is 0 Å². The number of aliphatic hydroxyl groups excluding tert-OH is 2. The molecule has 0 amide bonds. The first-order chi connectivity index (χ1) is 13.4. The number of Topliss-reactive ketones (excluding diaryl/α,β-unsaturated/α-hetero) is 1. The summed E-state index contributed by atoms with van der Waals surface area (Å²) in [6.07, 6.45) is 13.2. The van der Waals surface area contributed by atoms with Gasteiger partial charge in [-0.2, -0.15) is 0 Å². The lowest BCUT2D eigenvalue weighted by atomic mass is 9.80. The first-order valence-electron chi connectivity index (χ1n) is 11.0. The Morgan fingerprint density at radius 2 is 1.93 bits per heavy atom. The van der Waals surface area contributed by atoms with Crippen molar-refractivity contribution in [2.75, 3.05) is 7.11 Å². The van der Waals surface area contributed by atoms with E-state index in [1.54, 1.807) is 0 Å². The van der Waals surface area contributed by atoms with Crippen LogP contribution in [-0.4, -0.2) is 41.3 Å². The van der Waals surface area contributed by atoms with E-state index in [2.05, 4.69) is 11.7 Å². The van der Waals surface area contributed by atoms with E-state index in [9.17, 15) is 19.8 Å². The van der Waals surface area contributed by atoms with Crippen LogP contribution in [-0.2, 0) is 14.3 Å². The Hall–Kier alpha value is -1.20. The molecule has 28 heavy (non-hydrogen) atoms. The third-order valence-corrected chi connectivity index (χ3v) is 6.87. The molecule has 2 saturated carbocycles. The van der Waals surface area contributed by atoms with Gasteiger partial charge in [0.25, 0.3) is 0 Å². The number of carbonyl (C=O) groups is 2. The van der Waals surface area contributed by atoms with Gasteiger partial charge in [0.15, 0.2) is 0 Å². The molecule has 0 radical (unpaired) electrons. The lowest BCUT2D eigenvalue weighted by molar-refractivity contribution is -0.140. The molecular weight excluding hydrogens is 356 g/mol. The molecule has 0 aliphatic heterocycles. The van der Waals surface area contributed by atoms with Gasteiger partial charge in [0.05, 0.1) is 19.3 Å². The van der Waals surface area contributed by atoms with Gasteiger partial charge in [-0.05, 0) is 37.5 Å². The Morgan fingerprint density at radius 1 is 1.25 bits per heavy atom. The van der Waals surface area contributed by atoms with Gasteiger partial charge in [0.2, 0.25) is 0 Å². The Morgan fingerprint density at radius 3 is 2.61 bits per heavy atom. The Kier molecular flexibility index (Phi) is 9.16. The van der Waals surface area contributed by atoms with Crippen LogP contribution >= 0.6 is 0 Å². The predicted molar refractivity (Wildman–Crippen MR) is 109 cm³/mol. The number of hydrogen-bond donors (Lipinski definition) is 2. The fourth-order valence-electron chi connectivity index (χ4n) is 4.85. The molecule has 2 aliphatic carbocycles. The van der Waals surface area contributed by atoms with Crippen molar-refractivity contribution < 1.29 is 24.5 Å². The lowest BCUT2D eigenvalue weighted by Crippen LogP contribution is -2.29. The molecule has 0 saturated heterocycles. The van der Waals surface area contributed by atoms with Crippen LogP contribution in [0.4, 0.5) is 0 Å². The molecule has 0 aromatic rings. The fourth-order valence-corrected chi connectivity index (χ4v) is 4.85. The van der Waals surface area contributed by atoms with Crippen molar-refractivity contribution in [3.05, 3.63) is 12.2 Å². The highest BCUT2D eigenvalue weighted by Crippen LogP contribution is 2.42. The number of methoxy groups -OCH3 is 1. The molecule has 160 valence electrons. The van der Waals surface area contributed by atoms with E-state index in [4.69, 9.17) is 0 Å². The second kappa shape index (κ2) is 11.1. The summed E-state index contributed by atoms with van der Waals surface area (Å²) in [6, 6.07) is 0. The van der Waals surface area contributed by atoms with E-state index in [1.165, 1.54) is 20.0 Å². The maximum Gasteiger partial charge on any atom is 0.305 e. The van der Waals surface area contributed by atoms with E-state index in [1.807, 2.05) is 12.2 Å². The molecule has 2 fully saturated rings. The van der Waals surface area contributed by atoms with Crippen molar-refractivity contribution in [3.63, 3.8) is 0 Å². The fraction of sp³-hybridized carbons (Fsp3) is 0.826. The lowest BCUT2D eigenvalue weighted by Gasteiger charge is -2.29. The molecule has 5 nitrogen and oxygen atoms in total. The Bertz CT molecular complexity index is 535. The monoisotopic (exact) mass is 394 g/mol. The minimum Gasteiger partial charge on any atom is -0.469 e. The Labute approximate surface area is 169 Å². The molecule has 0 heterocycles. The summed E-state index contributed by atoms with van der Waals surface area (Å²) in [4.78, 5) is 23.4. The molecule has 2 aliphatic rings. The van der Waals surface area contributed by atoms with Crippen molar-refractivity contribution in [3.8, 4) is 0 Å². The van der Waals surface area contributed by atoms with E-state index in [0.29, 0.717) is 12.8 Å². The maximum absolute atomic E-state index is 12.3. The standard InChI is InChI=1S/C23H38O5/c1-23(14-7-8-15-23)21(26)12-9-11-18-17(19(24)16-20(18)25)10-5-3-4-6-13-22(27)28-2/h9,11,17-18,20-21,25-26H,3-8,10,12-16H2,1-2H3/t17-,18-,20-,21?/m1/s1. The molecule has 5 heteroatoms. The molecule has 4 atom stereocenters. The van der Waals surface area contributed by atoms with Crippen LogP contribution < -0.4 is 0 Å². The summed E-state index contributed by atoms with van der Waals surface area (Å²) in [6.45, 7) is 2.16. The number of ether oxygens (including phenoxy) is 1. The summed E-state index contributed by atoms with van der Waals surface area (Å²) in [7, 11) is 1.40. The highest BCUT2D eigenvalue weighted by Gasteiger charge is 2.39. The molecule has 0 bridgehead atoms. The highest BCUT2D eigenvalue weighted by atomic mass is 16.5. The largest absolute Gasteiger partial charge is 0.469 e. The topological polar surface area (TPSA) is 83.8 Å². The second-order valence-electron chi connectivity index (χ2n) is 8.99. The summed E-state index contributed by atoms with van der Waals surface area (Å²) in [5, 5.41) is 20.8. The molecule has 0 spiro atoms. The van der Waals surface area contributed by atoms with Crippen LogP contribution in [0.15, 0.2) is 12.2 Å². The van der Waals surface area contributed by atoms with Gasteiger partial charge in [-0.15, -0.1) is 0 Å². The molecule has 0 aromatic carbocycles. The van der Waals surface area contributed by atoms with Crippen LogP contribution in [0, 0.1) is 17.3 Å². The SMILES string of the molecule is COC(=O)CCCCCC[C@H]1C(=O)C[C@@H](O)[C@@H]1C=CCC(O)C1(C)CCCC1. The van der Waals surface area contributed by atoms with Crippen molar-refractivity contribution in [2.24, 2.45) is 17.3 Å². The van der Waals surface area contributed by atoms with Crippen LogP contribution in [0.2, 0.25) is 0 Å². The number of esters is 1.